The second-order valence-corrected chi connectivity index (χ2v) is 5.35. The molecule has 1 aliphatic carbocycles. The quantitative estimate of drug-likeness (QED) is 0.535. The summed E-state index contributed by atoms with van der Waals surface area (Å²) in [6.07, 6.45) is -0.0402. The molecule has 116 valence electrons. The van der Waals surface area contributed by atoms with Gasteiger partial charge in [0.05, 0.1) is 31.0 Å². The molecule has 2 aliphatic heterocycles. The van der Waals surface area contributed by atoms with E-state index in [9.17, 15) is 14.7 Å². The van der Waals surface area contributed by atoms with E-state index in [1.165, 1.54) is 20.4 Å². The van der Waals surface area contributed by atoms with Gasteiger partial charge in [0.15, 0.2) is 0 Å². The van der Waals surface area contributed by atoms with E-state index in [1.807, 2.05) is 0 Å². The molecule has 2 N–H and O–H groups in total. The molecule has 0 aromatic carbocycles. The third-order valence-corrected chi connectivity index (χ3v) is 4.41. The number of alkyl carbamates (subject to hydrolysis) is 1. The lowest BCUT2D eigenvalue weighted by molar-refractivity contribution is -0.153. The molecular formula is C13H17NO7. The fourth-order valence-electron chi connectivity index (χ4n) is 3.36. The number of esters is 1. The monoisotopic (exact) mass is 299 g/mol. The summed E-state index contributed by atoms with van der Waals surface area (Å²) >= 11 is 0. The smallest absolute Gasteiger partial charge is 0.406 e. The van der Waals surface area contributed by atoms with E-state index in [1.54, 1.807) is 0 Å². The summed E-state index contributed by atoms with van der Waals surface area (Å²) < 4.78 is 20.5. The van der Waals surface area contributed by atoms with Crippen LogP contribution in [0.25, 0.3) is 0 Å². The number of amides is 1. The van der Waals surface area contributed by atoms with Crippen molar-refractivity contribution >= 4 is 12.1 Å². The summed E-state index contributed by atoms with van der Waals surface area (Å²) in [5, 5.41) is 12.4. The first kappa shape index (κ1) is 14.2. The first-order valence-corrected chi connectivity index (χ1v) is 6.67. The molecule has 0 aromatic heterocycles. The van der Waals surface area contributed by atoms with Crippen LogP contribution in [0.2, 0.25) is 0 Å². The average molecular weight is 299 g/mol. The van der Waals surface area contributed by atoms with Crippen LogP contribution in [0.3, 0.4) is 0 Å². The molecule has 0 spiro atoms. The number of fused-ring (bicyclic) bond motifs is 3. The molecule has 4 unspecified atom stereocenters. The summed E-state index contributed by atoms with van der Waals surface area (Å²) in [5.74, 6) is -1.18. The van der Waals surface area contributed by atoms with Gasteiger partial charge in [-0.15, -0.1) is 0 Å². The molecule has 8 heteroatoms. The Kier molecular flexibility index (Phi) is 3.29. The van der Waals surface area contributed by atoms with Crippen molar-refractivity contribution < 1.29 is 33.6 Å². The molecule has 1 saturated heterocycles. The molecule has 0 bridgehead atoms. The molecule has 3 rings (SSSR count). The van der Waals surface area contributed by atoms with E-state index in [0.29, 0.717) is 12.0 Å². The fourth-order valence-corrected chi connectivity index (χ4v) is 3.36. The fraction of sp³-hybridized carbons (Fsp3) is 0.692. The lowest BCUT2D eigenvalue weighted by Gasteiger charge is -2.34. The Morgan fingerprint density at radius 1 is 1.57 bits per heavy atom. The van der Waals surface area contributed by atoms with Crippen LogP contribution in [0.15, 0.2) is 11.8 Å². The number of hydrogen-bond donors (Lipinski definition) is 2. The zero-order chi connectivity index (χ0) is 15.2. The van der Waals surface area contributed by atoms with Crippen LogP contribution in [0, 0.1) is 11.8 Å². The summed E-state index contributed by atoms with van der Waals surface area (Å²) in [4.78, 5) is 23.0. The number of ether oxygens (including phenoxy) is 4. The van der Waals surface area contributed by atoms with Crippen LogP contribution in [0.1, 0.15) is 6.42 Å². The molecule has 2 fully saturated rings. The lowest BCUT2D eigenvalue weighted by atomic mass is 9.82. The Bertz CT molecular complexity index is 505. The summed E-state index contributed by atoms with van der Waals surface area (Å²) in [5.41, 5.74) is -0.410. The van der Waals surface area contributed by atoms with Crippen molar-refractivity contribution in [3.63, 3.8) is 0 Å². The van der Waals surface area contributed by atoms with E-state index in [4.69, 9.17) is 18.9 Å². The molecule has 5 atom stereocenters. The highest BCUT2D eigenvalue weighted by molar-refractivity contribution is 5.89. The van der Waals surface area contributed by atoms with E-state index in [0.717, 1.165) is 0 Å². The van der Waals surface area contributed by atoms with Gasteiger partial charge >= 0.3 is 12.1 Å². The number of nitrogens with one attached hydrogen (secondary N) is 1. The zero-order valence-electron chi connectivity index (χ0n) is 11.7. The Labute approximate surface area is 121 Å². The van der Waals surface area contributed by atoms with Gasteiger partial charge in [-0.1, -0.05) is 0 Å². The second-order valence-electron chi connectivity index (χ2n) is 5.35. The maximum atomic E-state index is 11.8. The van der Waals surface area contributed by atoms with Crippen molar-refractivity contribution in [3.8, 4) is 0 Å². The average Bonchev–Trinajstić information content (AvgIpc) is 3.09. The topological polar surface area (TPSA) is 107 Å². The van der Waals surface area contributed by atoms with Gasteiger partial charge in [0.25, 0.3) is 0 Å². The normalized spacial score (nSPS) is 39.3. The molecule has 2 heterocycles. The van der Waals surface area contributed by atoms with Gasteiger partial charge in [0, 0.05) is 13.0 Å². The predicted molar refractivity (Wildman–Crippen MR) is 66.8 cm³/mol. The number of carbonyl (C=O) groups excluding carboxylic acids is 2. The molecule has 1 amide bonds. The van der Waals surface area contributed by atoms with Crippen LogP contribution in [0.5, 0.6) is 0 Å². The van der Waals surface area contributed by atoms with Crippen LogP contribution in [-0.2, 0) is 23.7 Å². The van der Waals surface area contributed by atoms with Crippen molar-refractivity contribution in [2.24, 2.45) is 11.8 Å². The van der Waals surface area contributed by atoms with Gasteiger partial charge in [-0.25, -0.2) is 9.59 Å². The first-order chi connectivity index (χ1) is 10.0. The van der Waals surface area contributed by atoms with Crippen LogP contribution in [0.4, 0.5) is 4.79 Å². The van der Waals surface area contributed by atoms with Gasteiger partial charge < -0.3 is 29.4 Å². The van der Waals surface area contributed by atoms with Crippen molar-refractivity contribution in [1.82, 2.24) is 5.32 Å². The van der Waals surface area contributed by atoms with Crippen LogP contribution in [-0.4, -0.2) is 55.9 Å². The van der Waals surface area contributed by atoms with Gasteiger partial charge in [-0.2, -0.15) is 0 Å². The maximum absolute atomic E-state index is 11.8. The third-order valence-electron chi connectivity index (χ3n) is 4.41. The highest BCUT2D eigenvalue weighted by Gasteiger charge is 2.73. The number of hydrogen-bond acceptors (Lipinski definition) is 7. The van der Waals surface area contributed by atoms with E-state index >= 15 is 0 Å². The van der Waals surface area contributed by atoms with Gasteiger partial charge in [-0.3, -0.25) is 0 Å². The number of aliphatic hydroxyl groups excluding tert-OH is 1. The maximum Gasteiger partial charge on any atom is 0.406 e. The van der Waals surface area contributed by atoms with Crippen molar-refractivity contribution in [1.29, 1.82) is 0 Å². The molecular weight excluding hydrogens is 282 g/mol. The minimum absolute atomic E-state index is 0.00732. The van der Waals surface area contributed by atoms with E-state index < -0.39 is 29.9 Å². The SMILES string of the molecule is CNC(=O)OC[C@]12OC1CC1C(C(=O)OC)=COC(O)C12. The summed E-state index contributed by atoms with van der Waals surface area (Å²) in [6, 6.07) is 0. The summed E-state index contributed by atoms with van der Waals surface area (Å²) in [7, 11) is 2.75. The number of methoxy groups -OCH3 is 1. The molecule has 0 radical (unpaired) electrons. The Hall–Kier alpha value is -1.80. The summed E-state index contributed by atoms with van der Waals surface area (Å²) in [6.45, 7) is 0.00732. The van der Waals surface area contributed by atoms with Gasteiger partial charge in [0.2, 0.25) is 6.29 Å². The van der Waals surface area contributed by atoms with Crippen molar-refractivity contribution in [2.45, 2.75) is 24.4 Å². The second kappa shape index (κ2) is 4.88. The first-order valence-electron chi connectivity index (χ1n) is 6.67. The van der Waals surface area contributed by atoms with Crippen LogP contribution >= 0.6 is 0 Å². The number of carbonyl (C=O) groups is 2. The highest BCUT2D eigenvalue weighted by atomic mass is 16.7. The Morgan fingerprint density at radius 3 is 3.00 bits per heavy atom. The molecule has 3 aliphatic rings. The largest absolute Gasteiger partial charge is 0.472 e. The zero-order valence-corrected chi connectivity index (χ0v) is 11.7. The Balaban J connectivity index is 1.78. The molecule has 1 saturated carbocycles. The van der Waals surface area contributed by atoms with Gasteiger partial charge in [0.1, 0.15) is 12.2 Å². The highest BCUT2D eigenvalue weighted by Crippen LogP contribution is 2.60. The molecule has 0 aromatic rings. The predicted octanol–water partition coefficient (Wildman–Crippen LogP) is -0.478. The van der Waals surface area contributed by atoms with Crippen molar-refractivity contribution in [3.05, 3.63) is 11.8 Å². The minimum Gasteiger partial charge on any atom is -0.472 e. The van der Waals surface area contributed by atoms with E-state index in [2.05, 4.69) is 5.32 Å². The third kappa shape index (κ3) is 2.06. The lowest BCUT2D eigenvalue weighted by Crippen LogP contribution is -2.44. The van der Waals surface area contributed by atoms with Gasteiger partial charge in [-0.05, 0) is 6.42 Å². The molecule has 21 heavy (non-hydrogen) atoms. The Morgan fingerprint density at radius 2 is 2.33 bits per heavy atom. The van der Waals surface area contributed by atoms with E-state index in [-0.39, 0.29) is 18.6 Å². The number of rotatable bonds is 3. The standard InChI is InChI=1S/C13H17NO7/c1-14-12(17)20-5-13-8(21-13)3-6-7(10(15)18-2)4-19-11(16)9(6)13/h4,6,8-9,11,16H,3,5H2,1-2H3,(H,14,17)/t6?,8?,9?,11?,13-/m0/s1. The minimum atomic E-state index is -1.11. The van der Waals surface area contributed by atoms with Crippen molar-refractivity contribution in [2.75, 3.05) is 20.8 Å². The number of aliphatic hydroxyl groups is 1. The molecule has 8 nitrogen and oxygen atoms in total. The van der Waals surface area contributed by atoms with Crippen LogP contribution < -0.4 is 5.32 Å². The number of epoxide rings is 1.